The number of nitrogens with one attached hydrogen (secondary N) is 6. The molecular formula is C98H150F3N23O15S2. The van der Waals surface area contributed by atoms with Gasteiger partial charge in [0.15, 0.2) is 22.3 Å². The molecular weight excluding hydrogens is 1860 g/mol. The second-order valence-corrected chi connectivity index (χ2v) is 42.8. The number of piperidine rings is 3. The summed E-state index contributed by atoms with van der Waals surface area (Å²) in [5, 5.41) is 19.4. The van der Waals surface area contributed by atoms with Crippen LogP contribution in [-0.2, 0) is 45.4 Å². The third-order valence-electron chi connectivity index (χ3n) is 25.1. The molecule has 0 spiro atoms. The van der Waals surface area contributed by atoms with Crippen molar-refractivity contribution in [2.75, 3.05) is 79.9 Å². The van der Waals surface area contributed by atoms with Gasteiger partial charge in [0.25, 0.3) is 5.16 Å². The van der Waals surface area contributed by atoms with Crippen LogP contribution in [0.4, 0.5) is 56.3 Å². The van der Waals surface area contributed by atoms with E-state index < -0.39 is 82.0 Å². The highest BCUT2D eigenvalue weighted by molar-refractivity contribution is 7.91. The van der Waals surface area contributed by atoms with Crippen molar-refractivity contribution in [3.8, 4) is 40.8 Å². The van der Waals surface area contributed by atoms with Gasteiger partial charge in [-0.05, 0) is 217 Å². The molecule has 0 unspecified atom stereocenters. The summed E-state index contributed by atoms with van der Waals surface area (Å²) in [6.45, 7) is 26.4. The first kappa shape index (κ1) is 79.6. The van der Waals surface area contributed by atoms with Crippen LogP contribution in [0.1, 0.15) is 188 Å². The van der Waals surface area contributed by atoms with Crippen LogP contribution in [0.2, 0.25) is 0 Å². The summed E-state index contributed by atoms with van der Waals surface area (Å²) in [5.74, 6) is 4.92. The van der Waals surface area contributed by atoms with Crippen LogP contribution in [0, 0.1) is 61.9 Å². The molecule has 3 saturated heterocycles. The van der Waals surface area contributed by atoms with E-state index in [-0.39, 0.29) is 64.8 Å². The minimum absolute atomic E-state index is 0. The minimum atomic E-state index is -4.39. The zero-order valence-electron chi connectivity index (χ0n) is 115. The number of aryl methyl sites for hydroxylation is 3. The van der Waals surface area contributed by atoms with Gasteiger partial charge in [-0.15, -0.1) is 0 Å². The third kappa shape index (κ3) is 22.6. The molecule has 43 heteroatoms. The third-order valence-corrected chi connectivity index (χ3v) is 28.2. The molecule has 780 valence electrons. The van der Waals surface area contributed by atoms with E-state index in [1.54, 1.807) is 150 Å². The normalized spacial score (nSPS) is 20.0. The Hall–Kier alpha value is -14.2. The van der Waals surface area contributed by atoms with Gasteiger partial charge in [0, 0.05) is 139 Å². The number of H-pyrrole nitrogens is 3. The summed E-state index contributed by atoms with van der Waals surface area (Å²) in [4.78, 5) is 105. The van der Waals surface area contributed by atoms with E-state index in [1.165, 1.54) is 69.2 Å². The molecule has 0 radical (unpaired) electrons. The minimum Gasteiger partial charge on any atom is -0.505 e. The van der Waals surface area contributed by atoms with Crippen LogP contribution in [0.5, 0.6) is 40.8 Å². The summed E-state index contributed by atoms with van der Waals surface area (Å²) < 4.78 is 309. The number of hydrogen-bond donors (Lipinski definition) is 8. The number of sulfone groups is 2. The smallest absolute Gasteiger partial charge is 0.414 e. The van der Waals surface area contributed by atoms with Crippen LogP contribution < -0.4 is 60.2 Å². The molecule has 141 heavy (non-hydrogen) atoms. The van der Waals surface area contributed by atoms with E-state index in [0.717, 1.165) is 90.9 Å². The number of anilines is 5. The first-order chi connectivity index (χ1) is 83.7. The zero-order valence-corrected chi connectivity index (χ0v) is 83.0. The molecule has 6 aliphatic rings. The highest BCUT2D eigenvalue weighted by atomic mass is 32.2. The predicted octanol–water partition coefficient (Wildman–Crippen LogP) is 20.6. The highest BCUT2D eigenvalue weighted by Crippen LogP contribution is 2.49. The van der Waals surface area contributed by atoms with E-state index in [2.05, 4.69) is 97.5 Å². The molecule has 14 aromatic rings. The maximum atomic E-state index is 15.2. The number of nitrogens with two attached hydrogens (primary N) is 1. The molecule has 3 amide bonds. The average molecular weight is 2050 g/mol. The van der Waals surface area contributed by atoms with Crippen LogP contribution in [-0.4, -0.2) is 217 Å². The van der Waals surface area contributed by atoms with Gasteiger partial charge in [0.2, 0.25) is 19.7 Å². The number of hydrogen-bond acceptors (Lipinski definition) is 32. The van der Waals surface area contributed by atoms with Crippen molar-refractivity contribution in [2.24, 2.45) is 29.4 Å². The number of aromatic nitrogens is 15. The number of aromatic hydroxyl groups is 1. The number of nitrogens with zero attached hydrogens (tertiary/aromatic N) is 16. The molecule has 9 atom stereocenters. The Kier molecular flexibility index (Phi) is 22.5. The number of methoxy groups -OCH3 is 2. The van der Waals surface area contributed by atoms with Gasteiger partial charge in [-0.2, -0.15) is 19.9 Å². The summed E-state index contributed by atoms with van der Waals surface area (Å²) in [7, 11) is -1.07. The monoisotopic (exact) mass is 2050 g/mol. The molecule has 20 rings (SSSR count). The Morgan fingerprint density at radius 2 is 0.965 bits per heavy atom. The number of fused-ring (bicyclic) bond motifs is 15. The van der Waals surface area contributed by atoms with E-state index in [4.69, 9.17) is 104 Å². The van der Waals surface area contributed by atoms with Gasteiger partial charge >= 0.3 is 30.3 Å². The lowest BCUT2D eigenvalue weighted by molar-refractivity contribution is 0.0487. The second-order valence-electron chi connectivity index (χ2n) is 39.1. The second kappa shape index (κ2) is 39.8. The molecule has 9 aromatic heterocycles. The molecule has 38 nitrogen and oxygen atoms in total. The number of carbonyl (C=O) groups is 3. The van der Waals surface area contributed by atoms with Gasteiger partial charge in [-0.3, -0.25) is 9.80 Å². The summed E-state index contributed by atoms with van der Waals surface area (Å²) in [6.07, 6.45) is 13.7. The van der Waals surface area contributed by atoms with Crippen molar-refractivity contribution in [1.29, 1.82) is 0 Å². The van der Waals surface area contributed by atoms with Crippen LogP contribution in [0.25, 0.3) is 65.8 Å². The summed E-state index contributed by atoms with van der Waals surface area (Å²) in [5.41, 5.74) is 8.43. The van der Waals surface area contributed by atoms with Gasteiger partial charge in [-0.1, -0.05) is 31.2 Å². The molecule has 6 bridgehead atoms. The van der Waals surface area contributed by atoms with E-state index >= 15 is 8.78 Å². The number of ether oxygens (including phenoxy) is 7. The Morgan fingerprint density at radius 1 is 0.532 bits per heavy atom. The molecule has 6 fully saturated rings. The van der Waals surface area contributed by atoms with E-state index in [0.29, 0.717) is 144 Å². The summed E-state index contributed by atoms with van der Waals surface area (Å²) >= 11 is 0. The Bertz CT molecular complexity index is 7380. The Morgan fingerprint density at radius 3 is 1.38 bits per heavy atom. The first-order valence-corrected chi connectivity index (χ1v) is 49.3. The van der Waals surface area contributed by atoms with Gasteiger partial charge in [0.1, 0.15) is 91.8 Å². The van der Waals surface area contributed by atoms with Crippen molar-refractivity contribution < 1.29 is 135 Å². The zero-order chi connectivity index (χ0) is 135. The average Bonchev–Trinajstić information content (AvgIpc) is 1.56. The van der Waals surface area contributed by atoms with Gasteiger partial charge < -0.3 is 84.7 Å². The standard InChI is InChI=1S/C32H33FN4O8S2.C28H32FN7O3.C22H23FN8O.C11H20N2O2.C5H6N2O.18H2/c1-32(2,3)45-31(38)37(4)25-16-21(33)15-24-26-28(34-27(24)25)35-30(47(41,42)18-20-9-13-23(44-6)14-10-20)36-29(26)46(39,40)17-19-7-11-22(43-5)12-8-19;1-14-7-18-8-16(14)13-36(18)25-22-20-9-17(29)10-21(35(6)27(37)39-28(3,4)5)23(20)32-24(22)33-26(34-25)38-19-11-30-15(2)31-12-19;1-10-26-7-14(8-27-10)32-22-29-20-18(15-4-12(23)5-17(25-2)19(15)28-20)21(30-22)31-9-11-3-13(31)6-16(11)24;1-11(2,3)15-10(14)13-9-5-8-4-7(9)6-12-8;1-4-6-2-5(8)3-7-4;;;;;;;;;;;;;;;;;;/h7-16H,17-18H2,1-6H3,(H,34,35,36);9-12,14,16,18H,7-8,13H2,1-6H3,(H,32,33,34);4-5,7-8,11,13,16,25H,3,6,9,24H2,1-2H3,(H,28,29,30);7-9,12H,4-6H2,1-3H3,(H,13,14);2-3,8H,1H3;18*1H/t;14-,16-,18+;11-,13-,16-;7-,8-,9-;;;;;;;;;;;;;;;;;;;/m.111.................../s1/i;;;;;17*1+1D;1+1. The fourth-order valence-corrected chi connectivity index (χ4v) is 21.3. The van der Waals surface area contributed by atoms with Gasteiger partial charge in [0.05, 0.1) is 113 Å². The predicted molar refractivity (Wildman–Crippen MR) is 563 cm³/mol. The van der Waals surface area contributed by atoms with Crippen LogP contribution in [0.15, 0.2) is 132 Å². The maximum Gasteiger partial charge on any atom is 0.414 e. The molecule has 3 aliphatic heterocycles. The molecule has 9 N–H and O–H groups in total. The van der Waals surface area contributed by atoms with E-state index in [1.807, 2.05) is 20.8 Å². The number of alkyl carbamates (subject to hydrolysis) is 1. The lowest BCUT2D eigenvalue weighted by atomic mass is 9.97. The molecule has 3 saturated carbocycles. The number of amides is 3. The van der Waals surface area contributed by atoms with Crippen molar-refractivity contribution >= 4 is 132 Å². The number of benzene rings is 5. The van der Waals surface area contributed by atoms with Crippen molar-refractivity contribution in [3.05, 3.63) is 168 Å². The van der Waals surface area contributed by atoms with Crippen LogP contribution in [0.3, 0.4) is 0 Å². The maximum absolute atomic E-state index is 15.2. The summed E-state index contributed by atoms with van der Waals surface area (Å²) in [6, 6.07) is 22.6. The molecule has 12 heterocycles. The molecule has 3 aliphatic carbocycles. The first-order valence-electron chi connectivity index (χ1n) is 63.0. The largest absolute Gasteiger partial charge is 0.505 e. The van der Waals surface area contributed by atoms with Crippen molar-refractivity contribution in [1.82, 2.24) is 85.4 Å². The fraction of sp³-hybridized carbons (Fsp3) is 0.418. The van der Waals surface area contributed by atoms with E-state index in [9.17, 15) is 35.6 Å². The number of rotatable bonds is 18. The Balaban J connectivity index is -0.00000211. The SMILES string of the molecule is CC(C)(C)OC(=O)N[C@@H]1C[C@H]2C[C@@H]1CN2.CNc1cc(F)cc2c1[nH]c1nc(Oc3cnc(C)nc3)nc(N3C[C@H]4C[C@@H]3C[C@H]4N)c12.COc1ccc(CS(=O)(=O)c2nc(S(=O)(=O)Cc3ccc(OC)cc3)c3c(n2)[nH]c2c(N(C)C(=O)OC(C)(C)C)cc(F)cc23)cc1.Cc1ncc(O)cn1.Cc1ncc(Oc2nc(N3C[C@H]4C[C@@H]3C[C@H]4C)c3c(n2)[nH]c2c(N(C)C(=O)OC(C)(C)C)cc(F)cc23)cn1.[2HH].[2H][2H].[2H][2H].[2H][2H].[2H][2H].[2H][2H].[2H][2H].[2H][2H].[2H][2H].[2H][2H].[2H][2H].[2H][2H].[2H][2H].[2H][2H].[2H][2H].[2H][2H].[2H][2H].[2H][2H]. The number of aromatic amines is 3. The highest BCUT2D eigenvalue weighted by Gasteiger charge is 2.47. The fourth-order valence-electron chi connectivity index (χ4n) is 18.6. The lowest BCUT2D eigenvalue weighted by Crippen LogP contribution is -2.45. The van der Waals surface area contributed by atoms with Crippen molar-refractivity contribution in [3.63, 3.8) is 0 Å². The number of halogens is 3. The van der Waals surface area contributed by atoms with Crippen molar-refractivity contribution in [2.45, 2.75) is 197 Å². The lowest BCUT2D eigenvalue weighted by Gasteiger charge is -2.31. The Labute approximate surface area is 865 Å². The van der Waals surface area contributed by atoms with Crippen LogP contribution >= 0.6 is 0 Å². The topological polar surface area (TPSA) is 481 Å². The molecule has 5 aromatic carbocycles. The number of carbonyl (C=O) groups excluding carboxylic acids is 3. The van der Waals surface area contributed by atoms with Gasteiger partial charge in [-0.25, -0.2) is 84.3 Å². The quantitative estimate of drug-likeness (QED) is 0.0225.